The van der Waals surface area contributed by atoms with Crippen LogP contribution in [0.5, 0.6) is 0 Å². The molecule has 0 bridgehead atoms. The number of aryl methyl sites for hydroxylation is 1. The fraction of sp³-hybridized carbons (Fsp3) is 0.467. The van der Waals surface area contributed by atoms with Crippen molar-refractivity contribution in [2.75, 3.05) is 6.54 Å². The number of nitrogens with zero attached hydrogens (tertiary/aromatic N) is 1. The molecule has 0 saturated carbocycles. The molecule has 1 aliphatic rings. The van der Waals surface area contributed by atoms with Gasteiger partial charge < -0.3 is 9.88 Å². The van der Waals surface area contributed by atoms with Gasteiger partial charge in [-0.1, -0.05) is 24.6 Å². The van der Waals surface area contributed by atoms with E-state index >= 15 is 0 Å². The van der Waals surface area contributed by atoms with Crippen LogP contribution >= 0.6 is 0 Å². The second-order valence-corrected chi connectivity index (χ2v) is 5.08. The van der Waals surface area contributed by atoms with Crippen LogP contribution in [0.4, 0.5) is 0 Å². The molecule has 1 saturated heterocycles. The maximum absolute atomic E-state index is 3.67. The topological polar surface area (TPSA) is 17.0 Å². The zero-order valence-electron chi connectivity index (χ0n) is 10.7. The van der Waals surface area contributed by atoms with Gasteiger partial charge in [-0.25, -0.2) is 0 Å². The molecule has 1 aromatic carbocycles. The molecule has 0 amide bonds. The summed E-state index contributed by atoms with van der Waals surface area (Å²) < 4.78 is 2.32. The molecule has 2 heteroatoms. The highest BCUT2D eigenvalue weighted by Crippen LogP contribution is 2.33. The third-order valence-electron chi connectivity index (χ3n) is 4.11. The second-order valence-electron chi connectivity index (χ2n) is 5.08. The maximum Gasteiger partial charge on any atom is 0.0483 e. The highest BCUT2D eigenvalue weighted by molar-refractivity contribution is 5.86. The molecule has 1 aromatic heterocycles. The van der Waals surface area contributed by atoms with Crippen LogP contribution in [0.3, 0.4) is 0 Å². The van der Waals surface area contributed by atoms with Crippen molar-refractivity contribution >= 4 is 10.9 Å². The Hall–Kier alpha value is -1.28. The molecule has 17 heavy (non-hydrogen) atoms. The van der Waals surface area contributed by atoms with E-state index in [-0.39, 0.29) is 0 Å². The van der Waals surface area contributed by atoms with E-state index in [1.165, 1.54) is 41.4 Å². The molecule has 90 valence electrons. The van der Waals surface area contributed by atoms with E-state index in [4.69, 9.17) is 0 Å². The number of fused-ring (bicyclic) bond motifs is 1. The van der Waals surface area contributed by atoms with Gasteiger partial charge >= 0.3 is 0 Å². The summed E-state index contributed by atoms with van der Waals surface area (Å²) in [7, 11) is 2.17. The maximum atomic E-state index is 3.67. The summed E-state index contributed by atoms with van der Waals surface area (Å²) in [5, 5.41) is 5.09. The van der Waals surface area contributed by atoms with Gasteiger partial charge in [0.1, 0.15) is 0 Å². The van der Waals surface area contributed by atoms with Gasteiger partial charge in [-0.3, -0.25) is 0 Å². The summed E-state index contributed by atoms with van der Waals surface area (Å²) in [6, 6.07) is 9.30. The lowest BCUT2D eigenvalue weighted by Crippen LogP contribution is -2.27. The molecule has 0 radical (unpaired) electrons. The van der Waals surface area contributed by atoms with Gasteiger partial charge in [0, 0.05) is 29.7 Å². The third-order valence-corrected chi connectivity index (χ3v) is 4.11. The van der Waals surface area contributed by atoms with Gasteiger partial charge in [-0.2, -0.15) is 0 Å². The summed E-state index contributed by atoms with van der Waals surface area (Å²) in [6.07, 6.45) is 3.94. The van der Waals surface area contributed by atoms with Crippen molar-refractivity contribution in [2.24, 2.45) is 7.05 Å². The first-order valence-corrected chi connectivity index (χ1v) is 6.56. The monoisotopic (exact) mass is 228 g/mol. The Morgan fingerprint density at radius 1 is 1.24 bits per heavy atom. The summed E-state index contributed by atoms with van der Waals surface area (Å²) in [5.74, 6) is 0. The quantitative estimate of drug-likeness (QED) is 0.792. The highest BCUT2D eigenvalue weighted by atomic mass is 15.0. The Morgan fingerprint density at radius 2 is 2.06 bits per heavy atom. The number of hydrogen-bond donors (Lipinski definition) is 1. The average molecular weight is 228 g/mol. The predicted octanol–water partition coefficient (Wildman–Crippen LogP) is 3.30. The Bertz CT molecular complexity index is 533. The van der Waals surface area contributed by atoms with Crippen LogP contribution < -0.4 is 5.32 Å². The van der Waals surface area contributed by atoms with Crippen molar-refractivity contribution in [3.8, 4) is 0 Å². The zero-order valence-corrected chi connectivity index (χ0v) is 10.7. The van der Waals surface area contributed by atoms with E-state index in [2.05, 4.69) is 48.1 Å². The molecule has 2 aromatic rings. The molecular formula is C15H20N2. The molecule has 1 N–H and O–H groups in total. The summed E-state index contributed by atoms with van der Waals surface area (Å²) in [4.78, 5) is 0. The standard InChI is InChI=1S/C15H20N2/c1-11-15(13-8-5-6-10-16-13)12-7-3-4-9-14(12)17(11)2/h3-4,7,9,13,16H,5-6,8,10H2,1-2H3. The Morgan fingerprint density at radius 3 is 2.82 bits per heavy atom. The Labute approximate surface area is 103 Å². The minimum atomic E-state index is 0.551. The van der Waals surface area contributed by atoms with Crippen LogP contribution in [0, 0.1) is 6.92 Å². The summed E-state index contributed by atoms with van der Waals surface area (Å²) in [5.41, 5.74) is 4.28. The average Bonchev–Trinajstić information content (AvgIpc) is 2.64. The van der Waals surface area contributed by atoms with E-state index in [9.17, 15) is 0 Å². The Balaban J connectivity index is 2.17. The van der Waals surface area contributed by atoms with E-state index in [1.807, 2.05) is 0 Å². The van der Waals surface area contributed by atoms with Gasteiger partial charge in [0.2, 0.25) is 0 Å². The number of aromatic nitrogens is 1. The van der Waals surface area contributed by atoms with Crippen LogP contribution in [-0.4, -0.2) is 11.1 Å². The van der Waals surface area contributed by atoms with Crippen molar-refractivity contribution in [3.63, 3.8) is 0 Å². The second kappa shape index (κ2) is 4.19. The number of rotatable bonds is 1. The lowest BCUT2D eigenvalue weighted by molar-refractivity contribution is 0.412. The normalized spacial score (nSPS) is 20.9. The highest BCUT2D eigenvalue weighted by Gasteiger charge is 2.21. The minimum absolute atomic E-state index is 0.551. The van der Waals surface area contributed by atoms with E-state index in [1.54, 1.807) is 0 Å². The van der Waals surface area contributed by atoms with Crippen LogP contribution in [0.2, 0.25) is 0 Å². The number of nitrogens with one attached hydrogen (secondary N) is 1. The molecule has 1 fully saturated rings. The zero-order chi connectivity index (χ0) is 11.8. The van der Waals surface area contributed by atoms with E-state index in [0.29, 0.717) is 6.04 Å². The fourth-order valence-corrected chi connectivity index (χ4v) is 3.09. The van der Waals surface area contributed by atoms with Crippen LogP contribution in [0.1, 0.15) is 36.6 Å². The smallest absolute Gasteiger partial charge is 0.0483 e. The predicted molar refractivity (Wildman–Crippen MR) is 72.3 cm³/mol. The number of benzene rings is 1. The first-order chi connectivity index (χ1) is 8.29. The van der Waals surface area contributed by atoms with Crippen LogP contribution in [0.25, 0.3) is 10.9 Å². The van der Waals surface area contributed by atoms with Gasteiger partial charge in [-0.05, 0) is 37.9 Å². The Kier molecular flexibility index (Phi) is 2.67. The van der Waals surface area contributed by atoms with E-state index < -0.39 is 0 Å². The molecule has 0 aliphatic carbocycles. The molecule has 3 rings (SSSR count). The number of para-hydroxylation sites is 1. The summed E-state index contributed by atoms with van der Waals surface area (Å²) in [6.45, 7) is 3.40. The first kappa shape index (κ1) is 10.8. The van der Waals surface area contributed by atoms with Gasteiger partial charge in [-0.15, -0.1) is 0 Å². The first-order valence-electron chi connectivity index (χ1n) is 6.56. The van der Waals surface area contributed by atoms with Crippen molar-refractivity contribution in [2.45, 2.75) is 32.2 Å². The fourth-order valence-electron chi connectivity index (χ4n) is 3.09. The third kappa shape index (κ3) is 1.67. The van der Waals surface area contributed by atoms with Gasteiger partial charge in [0.25, 0.3) is 0 Å². The minimum Gasteiger partial charge on any atom is -0.348 e. The van der Waals surface area contributed by atoms with Crippen molar-refractivity contribution in [1.29, 1.82) is 0 Å². The largest absolute Gasteiger partial charge is 0.348 e. The van der Waals surface area contributed by atoms with E-state index in [0.717, 1.165) is 6.54 Å². The van der Waals surface area contributed by atoms with Crippen molar-refractivity contribution in [1.82, 2.24) is 9.88 Å². The van der Waals surface area contributed by atoms with Crippen molar-refractivity contribution < 1.29 is 0 Å². The number of piperidine rings is 1. The molecule has 1 unspecified atom stereocenters. The number of hydrogen-bond acceptors (Lipinski definition) is 1. The van der Waals surface area contributed by atoms with Gasteiger partial charge in [0.05, 0.1) is 0 Å². The molecule has 2 heterocycles. The molecule has 0 spiro atoms. The van der Waals surface area contributed by atoms with Gasteiger partial charge in [0.15, 0.2) is 0 Å². The van der Waals surface area contributed by atoms with Crippen LogP contribution in [0.15, 0.2) is 24.3 Å². The molecule has 2 nitrogen and oxygen atoms in total. The molecular weight excluding hydrogens is 208 g/mol. The molecule has 1 atom stereocenters. The lowest BCUT2D eigenvalue weighted by atomic mass is 9.95. The lowest BCUT2D eigenvalue weighted by Gasteiger charge is -2.24. The van der Waals surface area contributed by atoms with Crippen molar-refractivity contribution in [3.05, 3.63) is 35.5 Å². The van der Waals surface area contributed by atoms with Crippen LogP contribution in [-0.2, 0) is 7.05 Å². The SMILES string of the molecule is Cc1c(C2CCCCN2)c2ccccc2n1C. The summed E-state index contributed by atoms with van der Waals surface area (Å²) >= 11 is 0. The molecule has 1 aliphatic heterocycles.